The Morgan fingerprint density at radius 2 is 1.72 bits per heavy atom. The molecule has 0 aliphatic heterocycles. The Labute approximate surface area is 148 Å². The minimum absolute atomic E-state index is 0.147. The molecule has 5 heteroatoms. The number of halogens is 1. The van der Waals surface area contributed by atoms with Crippen LogP contribution in [0.15, 0.2) is 36.2 Å². The van der Waals surface area contributed by atoms with Crippen LogP contribution in [-0.4, -0.2) is 19.1 Å². The predicted octanol–water partition coefficient (Wildman–Crippen LogP) is 3.34. The predicted molar refractivity (Wildman–Crippen MR) is 95.8 cm³/mol. The molecule has 4 rings (SSSR count). The number of nitrogens with two attached hydrogens (primary N) is 2. The van der Waals surface area contributed by atoms with Crippen molar-refractivity contribution < 1.29 is 13.9 Å². The van der Waals surface area contributed by atoms with Gasteiger partial charge in [0.2, 0.25) is 5.91 Å². The van der Waals surface area contributed by atoms with E-state index in [-0.39, 0.29) is 29.9 Å². The molecule has 3 saturated carbocycles. The zero-order valence-electron chi connectivity index (χ0n) is 14.6. The molecular formula is C20H27FN2O2. The summed E-state index contributed by atoms with van der Waals surface area (Å²) in [5, 5.41) is 0. The maximum absolute atomic E-state index is 12.5. The molecular weight excluding hydrogens is 319 g/mol. The molecule has 4 nitrogen and oxygen atoms in total. The summed E-state index contributed by atoms with van der Waals surface area (Å²) in [5.41, 5.74) is 13.0. The van der Waals surface area contributed by atoms with Gasteiger partial charge in [0.25, 0.3) is 0 Å². The summed E-state index contributed by atoms with van der Waals surface area (Å²) in [6.45, 7) is 0.331. The number of benzene rings is 1. The van der Waals surface area contributed by atoms with Gasteiger partial charge in [-0.25, -0.2) is 4.39 Å². The molecule has 4 N–H and O–H groups in total. The van der Waals surface area contributed by atoms with Crippen molar-refractivity contribution in [3.63, 3.8) is 0 Å². The second-order valence-corrected chi connectivity index (χ2v) is 7.71. The Morgan fingerprint density at radius 3 is 2.20 bits per heavy atom. The monoisotopic (exact) mass is 346 g/mol. The quantitative estimate of drug-likeness (QED) is 0.795. The molecule has 1 aromatic carbocycles. The normalized spacial score (nSPS) is 28.8. The highest BCUT2D eigenvalue weighted by molar-refractivity contribution is 5.74. The number of fused-ring (bicyclic) bond motifs is 3. The lowest BCUT2D eigenvalue weighted by atomic mass is 9.51. The van der Waals surface area contributed by atoms with Gasteiger partial charge in [0.05, 0.1) is 6.33 Å². The minimum atomic E-state index is -0.171. The first kappa shape index (κ1) is 17.9. The van der Waals surface area contributed by atoms with Gasteiger partial charge in [-0.1, -0.05) is 12.1 Å². The number of hydrogen-bond donors (Lipinski definition) is 2. The van der Waals surface area contributed by atoms with E-state index in [0.717, 1.165) is 44.3 Å². The van der Waals surface area contributed by atoms with E-state index in [1.165, 1.54) is 5.56 Å². The maximum atomic E-state index is 12.5. The van der Waals surface area contributed by atoms with Crippen LogP contribution in [0.4, 0.5) is 4.39 Å². The Bertz CT molecular complexity index is 630. The van der Waals surface area contributed by atoms with E-state index >= 15 is 0 Å². The third-order valence-corrected chi connectivity index (χ3v) is 6.26. The van der Waals surface area contributed by atoms with E-state index in [9.17, 15) is 9.18 Å². The lowest BCUT2D eigenvalue weighted by molar-refractivity contribution is -0.122. The van der Waals surface area contributed by atoms with E-state index in [4.69, 9.17) is 16.2 Å². The van der Waals surface area contributed by atoms with E-state index < -0.39 is 0 Å². The van der Waals surface area contributed by atoms with Gasteiger partial charge in [0.15, 0.2) is 0 Å². The summed E-state index contributed by atoms with van der Waals surface area (Å²) in [6, 6.07) is 8.17. The molecule has 0 spiro atoms. The summed E-state index contributed by atoms with van der Waals surface area (Å²) < 4.78 is 18.1. The average Bonchev–Trinajstić information content (AvgIpc) is 2.64. The maximum Gasteiger partial charge on any atom is 0.217 e. The number of ether oxygens (including phenoxy) is 1. The van der Waals surface area contributed by atoms with Crippen LogP contribution in [0.2, 0.25) is 0 Å². The standard InChI is InChI=1S/C20H27FN2O2/c21-12-15(13-22)14-25-17-3-1-16(2-4-17)20-8-5-19(6-9-20,7-10-20)11-18(23)24/h1-4,12H,5-11,13-14,22H2,(H2,23,24)/b15-12+. The highest BCUT2D eigenvalue weighted by Gasteiger charge is 2.49. The lowest BCUT2D eigenvalue weighted by Gasteiger charge is -2.53. The van der Waals surface area contributed by atoms with Gasteiger partial charge in [0.1, 0.15) is 12.4 Å². The van der Waals surface area contributed by atoms with Crippen molar-refractivity contribution in [2.24, 2.45) is 16.9 Å². The van der Waals surface area contributed by atoms with Gasteiger partial charge in [-0.15, -0.1) is 0 Å². The van der Waals surface area contributed by atoms with Gasteiger partial charge in [-0.2, -0.15) is 0 Å². The largest absolute Gasteiger partial charge is 0.489 e. The fourth-order valence-electron chi connectivity index (χ4n) is 4.55. The van der Waals surface area contributed by atoms with Crippen LogP contribution in [-0.2, 0) is 10.2 Å². The van der Waals surface area contributed by atoms with Crippen molar-refractivity contribution in [2.75, 3.05) is 13.2 Å². The summed E-state index contributed by atoms with van der Waals surface area (Å²) in [4.78, 5) is 11.4. The highest BCUT2D eigenvalue weighted by atomic mass is 19.1. The molecule has 1 amide bonds. The number of amides is 1. The van der Waals surface area contributed by atoms with Crippen molar-refractivity contribution in [1.29, 1.82) is 0 Å². The molecule has 0 unspecified atom stereocenters. The molecule has 0 atom stereocenters. The topological polar surface area (TPSA) is 78.3 Å². The first-order valence-corrected chi connectivity index (χ1v) is 9.01. The minimum Gasteiger partial charge on any atom is -0.489 e. The number of rotatable bonds is 7. The summed E-state index contributed by atoms with van der Waals surface area (Å²) in [5.74, 6) is 0.553. The molecule has 0 radical (unpaired) electrons. The zero-order chi connectivity index (χ0) is 17.9. The second kappa shape index (κ2) is 7.16. The van der Waals surface area contributed by atoms with Crippen LogP contribution < -0.4 is 16.2 Å². The molecule has 25 heavy (non-hydrogen) atoms. The van der Waals surface area contributed by atoms with Gasteiger partial charge < -0.3 is 16.2 Å². The Balaban J connectivity index is 1.65. The Kier molecular flexibility index (Phi) is 5.13. The highest BCUT2D eigenvalue weighted by Crippen LogP contribution is 2.59. The van der Waals surface area contributed by atoms with Gasteiger partial charge in [0, 0.05) is 18.5 Å². The Hall–Kier alpha value is -1.88. The molecule has 1 aromatic rings. The van der Waals surface area contributed by atoms with E-state index in [2.05, 4.69) is 12.1 Å². The fraction of sp³-hybridized carbons (Fsp3) is 0.550. The smallest absolute Gasteiger partial charge is 0.217 e. The number of primary amides is 1. The average molecular weight is 346 g/mol. The van der Waals surface area contributed by atoms with Crippen LogP contribution in [0.5, 0.6) is 5.75 Å². The number of carbonyl (C=O) groups excluding carboxylic acids is 1. The number of carbonyl (C=O) groups is 1. The van der Waals surface area contributed by atoms with Gasteiger partial charge in [-0.3, -0.25) is 4.79 Å². The first-order chi connectivity index (χ1) is 12.0. The van der Waals surface area contributed by atoms with Crippen LogP contribution >= 0.6 is 0 Å². The van der Waals surface area contributed by atoms with Crippen molar-refractivity contribution in [3.05, 3.63) is 41.7 Å². The summed E-state index contributed by atoms with van der Waals surface area (Å²) >= 11 is 0. The first-order valence-electron chi connectivity index (χ1n) is 9.01. The lowest BCUT2D eigenvalue weighted by Crippen LogP contribution is -2.45. The van der Waals surface area contributed by atoms with E-state index in [1.54, 1.807) is 0 Å². The molecule has 0 aromatic heterocycles. The fourth-order valence-corrected chi connectivity index (χ4v) is 4.55. The molecule has 136 valence electrons. The van der Waals surface area contributed by atoms with Crippen molar-refractivity contribution >= 4 is 5.91 Å². The SMILES string of the molecule is NC/C(=C\F)COc1ccc(C23CCC(CC(N)=O)(CC2)CC3)cc1. The van der Waals surface area contributed by atoms with Crippen LogP contribution in [0.25, 0.3) is 0 Å². The zero-order valence-corrected chi connectivity index (χ0v) is 14.6. The van der Waals surface area contributed by atoms with Crippen molar-refractivity contribution in [2.45, 2.75) is 50.4 Å². The van der Waals surface area contributed by atoms with E-state index in [1.807, 2.05) is 12.1 Å². The summed E-state index contributed by atoms with van der Waals surface area (Å²) in [6.07, 6.45) is 7.62. The van der Waals surface area contributed by atoms with Crippen LogP contribution in [0.1, 0.15) is 50.5 Å². The molecule has 2 bridgehead atoms. The van der Waals surface area contributed by atoms with Crippen molar-refractivity contribution in [3.8, 4) is 5.75 Å². The molecule has 0 heterocycles. The van der Waals surface area contributed by atoms with Gasteiger partial charge >= 0.3 is 0 Å². The third-order valence-electron chi connectivity index (χ3n) is 6.26. The molecule has 3 aliphatic carbocycles. The second-order valence-electron chi connectivity index (χ2n) is 7.71. The Morgan fingerprint density at radius 1 is 1.12 bits per heavy atom. The summed E-state index contributed by atoms with van der Waals surface area (Å²) in [7, 11) is 0. The van der Waals surface area contributed by atoms with E-state index in [0.29, 0.717) is 18.3 Å². The number of hydrogen-bond acceptors (Lipinski definition) is 3. The molecule has 0 saturated heterocycles. The van der Waals surface area contributed by atoms with Crippen molar-refractivity contribution in [1.82, 2.24) is 0 Å². The third kappa shape index (κ3) is 3.71. The van der Waals surface area contributed by atoms with Gasteiger partial charge in [-0.05, 0) is 67.1 Å². The molecule has 3 fully saturated rings. The molecule has 3 aliphatic rings. The van der Waals surface area contributed by atoms with Crippen LogP contribution in [0.3, 0.4) is 0 Å². The van der Waals surface area contributed by atoms with Crippen LogP contribution in [0, 0.1) is 5.41 Å².